The molecule has 0 aliphatic heterocycles. The summed E-state index contributed by atoms with van der Waals surface area (Å²) in [7, 11) is 1.57. The molecule has 0 heterocycles. The van der Waals surface area contributed by atoms with E-state index in [9.17, 15) is 10.1 Å². The van der Waals surface area contributed by atoms with Crippen LogP contribution >= 0.6 is 0 Å². The van der Waals surface area contributed by atoms with E-state index in [1.165, 1.54) is 18.9 Å². The Kier molecular flexibility index (Phi) is 11.4. The average molecular weight is 451 g/mol. The molecule has 0 bridgehead atoms. The molecular formula is C27H34N2O4. The topological polar surface area (TPSA) is 80.6 Å². The molecule has 176 valence electrons. The first-order chi connectivity index (χ1) is 16.1. The Balaban J connectivity index is 2.02. The molecule has 33 heavy (non-hydrogen) atoms. The average Bonchev–Trinajstić information content (AvgIpc) is 2.84. The number of ether oxygens (including phenoxy) is 3. The molecule has 2 aromatic rings. The van der Waals surface area contributed by atoms with E-state index in [1.807, 2.05) is 6.07 Å². The summed E-state index contributed by atoms with van der Waals surface area (Å²) in [6.45, 7) is 5.57. The van der Waals surface area contributed by atoms with Crippen molar-refractivity contribution in [3.8, 4) is 23.3 Å². The van der Waals surface area contributed by atoms with E-state index in [4.69, 9.17) is 14.2 Å². The molecule has 6 nitrogen and oxygen atoms in total. The molecule has 0 radical (unpaired) electrons. The fourth-order valence-corrected chi connectivity index (χ4v) is 3.09. The first-order valence-corrected chi connectivity index (χ1v) is 11.6. The van der Waals surface area contributed by atoms with Crippen molar-refractivity contribution < 1.29 is 19.0 Å². The van der Waals surface area contributed by atoms with Crippen LogP contribution in [0.5, 0.6) is 17.2 Å². The molecule has 1 N–H and O–H groups in total. The molecule has 0 atom stereocenters. The third kappa shape index (κ3) is 8.89. The first kappa shape index (κ1) is 25.8. The van der Waals surface area contributed by atoms with Gasteiger partial charge in [-0.15, -0.1) is 0 Å². The van der Waals surface area contributed by atoms with Crippen LogP contribution in [0.4, 0.5) is 5.69 Å². The predicted molar refractivity (Wildman–Crippen MR) is 132 cm³/mol. The summed E-state index contributed by atoms with van der Waals surface area (Å²) in [5, 5.41) is 12.3. The van der Waals surface area contributed by atoms with E-state index < -0.39 is 5.91 Å². The lowest BCUT2D eigenvalue weighted by Gasteiger charge is -2.11. The number of amides is 1. The monoisotopic (exact) mass is 450 g/mol. The molecule has 0 unspecified atom stereocenters. The minimum absolute atomic E-state index is 0.00596. The van der Waals surface area contributed by atoms with Gasteiger partial charge in [-0.25, -0.2) is 0 Å². The van der Waals surface area contributed by atoms with E-state index in [2.05, 4.69) is 19.2 Å². The molecule has 2 rings (SSSR count). The molecule has 2 aromatic carbocycles. The van der Waals surface area contributed by atoms with Crippen LogP contribution in [0.25, 0.3) is 6.08 Å². The summed E-state index contributed by atoms with van der Waals surface area (Å²) in [5.74, 6) is 1.48. The number of carbonyl (C=O) groups is 1. The van der Waals surface area contributed by atoms with E-state index in [0.29, 0.717) is 36.0 Å². The second-order valence-corrected chi connectivity index (χ2v) is 7.67. The van der Waals surface area contributed by atoms with E-state index in [0.717, 1.165) is 31.4 Å². The van der Waals surface area contributed by atoms with Crippen LogP contribution in [0.15, 0.2) is 48.0 Å². The molecule has 0 aliphatic rings. The highest BCUT2D eigenvalue weighted by molar-refractivity contribution is 6.09. The highest BCUT2D eigenvalue weighted by atomic mass is 16.5. The second-order valence-electron chi connectivity index (χ2n) is 7.67. The Hall–Kier alpha value is -3.46. The van der Waals surface area contributed by atoms with Gasteiger partial charge < -0.3 is 19.5 Å². The number of nitrogens with one attached hydrogen (secondary N) is 1. The van der Waals surface area contributed by atoms with Gasteiger partial charge in [-0.05, 0) is 60.9 Å². The Morgan fingerprint density at radius 2 is 1.67 bits per heavy atom. The van der Waals surface area contributed by atoms with Crippen molar-refractivity contribution in [1.29, 1.82) is 5.26 Å². The van der Waals surface area contributed by atoms with Crippen LogP contribution in [0.1, 0.15) is 57.9 Å². The van der Waals surface area contributed by atoms with Gasteiger partial charge >= 0.3 is 0 Å². The van der Waals surface area contributed by atoms with Crippen molar-refractivity contribution in [2.24, 2.45) is 0 Å². The van der Waals surface area contributed by atoms with Gasteiger partial charge in [0.05, 0.1) is 20.3 Å². The van der Waals surface area contributed by atoms with Gasteiger partial charge in [0.15, 0.2) is 11.5 Å². The molecule has 0 saturated heterocycles. The first-order valence-electron chi connectivity index (χ1n) is 11.6. The number of anilines is 1. The third-order valence-electron chi connectivity index (χ3n) is 5.00. The van der Waals surface area contributed by atoms with Crippen LogP contribution in [-0.4, -0.2) is 26.2 Å². The normalized spacial score (nSPS) is 10.9. The maximum atomic E-state index is 12.6. The van der Waals surface area contributed by atoms with Crippen LogP contribution in [-0.2, 0) is 4.79 Å². The van der Waals surface area contributed by atoms with Gasteiger partial charge in [0.25, 0.3) is 5.91 Å². The minimum atomic E-state index is -0.479. The lowest BCUT2D eigenvalue weighted by Crippen LogP contribution is -2.13. The molecular weight excluding hydrogens is 416 g/mol. The standard InChI is InChI=1S/C27H34N2O4/c1-4-6-8-9-17-33-25-15-10-21(19-26(25)31-3)18-22(20-28)27(30)29-23-11-13-24(14-12-23)32-16-7-5-2/h10-15,18-19H,4-9,16-17H2,1-3H3,(H,29,30)/b22-18+. The van der Waals surface area contributed by atoms with Crippen molar-refractivity contribution in [1.82, 2.24) is 0 Å². The van der Waals surface area contributed by atoms with Crippen molar-refractivity contribution in [3.05, 3.63) is 53.6 Å². The van der Waals surface area contributed by atoms with Gasteiger partial charge in [0, 0.05) is 5.69 Å². The number of methoxy groups -OCH3 is 1. The van der Waals surface area contributed by atoms with Crippen molar-refractivity contribution in [2.75, 3.05) is 25.6 Å². The number of carbonyl (C=O) groups excluding carboxylic acids is 1. The zero-order valence-corrected chi connectivity index (χ0v) is 19.9. The van der Waals surface area contributed by atoms with Gasteiger partial charge in [-0.2, -0.15) is 5.26 Å². The highest BCUT2D eigenvalue weighted by Crippen LogP contribution is 2.29. The number of nitrogens with zero attached hydrogens (tertiary/aromatic N) is 1. The van der Waals surface area contributed by atoms with Gasteiger partial charge in [-0.3, -0.25) is 4.79 Å². The highest BCUT2D eigenvalue weighted by Gasteiger charge is 2.11. The largest absolute Gasteiger partial charge is 0.494 e. The fourth-order valence-electron chi connectivity index (χ4n) is 3.09. The van der Waals surface area contributed by atoms with Crippen LogP contribution in [0.3, 0.4) is 0 Å². The number of rotatable bonds is 14. The molecule has 6 heteroatoms. The summed E-state index contributed by atoms with van der Waals surface area (Å²) >= 11 is 0. The molecule has 0 fully saturated rings. The van der Waals surface area contributed by atoms with Crippen LogP contribution in [0, 0.1) is 11.3 Å². The molecule has 0 aliphatic carbocycles. The predicted octanol–water partition coefficient (Wildman–Crippen LogP) is 6.38. The minimum Gasteiger partial charge on any atom is -0.494 e. The van der Waals surface area contributed by atoms with Crippen molar-refractivity contribution >= 4 is 17.7 Å². The molecule has 0 saturated carbocycles. The smallest absolute Gasteiger partial charge is 0.266 e. The maximum Gasteiger partial charge on any atom is 0.266 e. The third-order valence-corrected chi connectivity index (χ3v) is 5.00. The van der Waals surface area contributed by atoms with Gasteiger partial charge in [0.1, 0.15) is 17.4 Å². The van der Waals surface area contributed by atoms with Gasteiger partial charge in [0.2, 0.25) is 0 Å². The van der Waals surface area contributed by atoms with E-state index in [1.54, 1.807) is 49.6 Å². The number of nitriles is 1. The van der Waals surface area contributed by atoms with Crippen LogP contribution < -0.4 is 19.5 Å². The van der Waals surface area contributed by atoms with Crippen LogP contribution in [0.2, 0.25) is 0 Å². The van der Waals surface area contributed by atoms with E-state index in [-0.39, 0.29) is 5.57 Å². The summed E-state index contributed by atoms with van der Waals surface area (Å²) in [5.41, 5.74) is 1.26. The lowest BCUT2D eigenvalue weighted by atomic mass is 10.1. The Bertz CT molecular complexity index is 946. The van der Waals surface area contributed by atoms with Crippen molar-refractivity contribution in [2.45, 2.75) is 52.4 Å². The summed E-state index contributed by atoms with van der Waals surface area (Å²) < 4.78 is 16.9. The Morgan fingerprint density at radius 1 is 0.939 bits per heavy atom. The fraction of sp³-hybridized carbons (Fsp3) is 0.407. The quantitative estimate of drug-likeness (QED) is 0.205. The number of hydrogen-bond donors (Lipinski definition) is 1. The number of hydrogen-bond acceptors (Lipinski definition) is 5. The summed E-state index contributed by atoms with van der Waals surface area (Å²) in [6, 6.07) is 14.4. The summed E-state index contributed by atoms with van der Waals surface area (Å²) in [4.78, 5) is 12.6. The van der Waals surface area contributed by atoms with Crippen molar-refractivity contribution in [3.63, 3.8) is 0 Å². The molecule has 1 amide bonds. The Morgan fingerprint density at radius 3 is 2.33 bits per heavy atom. The van der Waals surface area contributed by atoms with E-state index >= 15 is 0 Å². The second kappa shape index (κ2) is 14.6. The lowest BCUT2D eigenvalue weighted by molar-refractivity contribution is -0.112. The zero-order chi connectivity index (χ0) is 23.9. The summed E-state index contributed by atoms with van der Waals surface area (Å²) in [6.07, 6.45) is 8.09. The zero-order valence-electron chi connectivity index (χ0n) is 19.9. The number of unbranched alkanes of at least 4 members (excludes halogenated alkanes) is 4. The SMILES string of the molecule is CCCCCCOc1ccc(/C=C(\C#N)C(=O)Nc2ccc(OCCCC)cc2)cc1OC. The maximum absolute atomic E-state index is 12.6. The molecule has 0 aromatic heterocycles. The number of benzene rings is 2. The van der Waals surface area contributed by atoms with Gasteiger partial charge in [-0.1, -0.05) is 45.6 Å². The Labute approximate surface area is 197 Å². The molecule has 0 spiro atoms.